The molecule has 0 aliphatic heterocycles. The molecule has 0 radical (unpaired) electrons. The van der Waals surface area contributed by atoms with Crippen LogP contribution in [-0.4, -0.2) is 20.2 Å². The topological polar surface area (TPSA) is 54.5 Å². The van der Waals surface area contributed by atoms with Crippen LogP contribution in [0.5, 0.6) is 0 Å². The van der Waals surface area contributed by atoms with Crippen molar-refractivity contribution in [3.63, 3.8) is 0 Å². The van der Waals surface area contributed by atoms with Crippen LogP contribution < -0.4 is 0 Å². The fourth-order valence-electron chi connectivity index (χ4n) is 3.20. The maximum atomic E-state index is 12.8. The monoisotopic (exact) mass is 382 g/mol. The van der Waals surface area contributed by atoms with Crippen molar-refractivity contribution >= 4 is 10.9 Å². The number of alkyl halides is 3. The summed E-state index contributed by atoms with van der Waals surface area (Å²) in [6.07, 6.45) is -0.350. The van der Waals surface area contributed by atoms with Gasteiger partial charge < -0.3 is 0 Å². The zero-order valence-electron chi connectivity index (χ0n) is 15.1. The maximum absolute atomic E-state index is 12.8. The second-order valence-corrected chi connectivity index (χ2v) is 6.69. The Labute approximate surface area is 159 Å². The van der Waals surface area contributed by atoms with Crippen LogP contribution >= 0.6 is 0 Å². The van der Waals surface area contributed by atoms with Gasteiger partial charge in [-0.1, -0.05) is 6.07 Å². The maximum Gasteiger partial charge on any atom is 0.433 e. The quantitative estimate of drug-likeness (QED) is 0.532. The second kappa shape index (κ2) is 7.07. The van der Waals surface area contributed by atoms with Crippen molar-refractivity contribution in [2.75, 3.05) is 0 Å². The smallest absolute Gasteiger partial charge is 0.277 e. The minimum absolute atomic E-state index is 0.499. The van der Waals surface area contributed by atoms with Crippen molar-refractivity contribution in [2.24, 2.45) is 0 Å². The molecule has 1 aromatic carbocycles. The summed E-state index contributed by atoms with van der Waals surface area (Å²) >= 11 is 0. The molecule has 3 heterocycles. The van der Waals surface area contributed by atoms with Gasteiger partial charge in [0.1, 0.15) is 11.4 Å². The lowest BCUT2D eigenvalue weighted by Gasteiger charge is -2.08. The Balaban J connectivity index is 1.59. The molecule has 0 saturated heterocycles. The van der Waals surface area contributed by atoms with Crippen LogP contribution in [0.2, 0.25) is 0 Å². The van der Waals surface area contributed by atoms with Gasteiger partial charge in [0.25, 0.3) is 0 Å². The lowest BCUT2D eigenvalue weighted by molar-refractivity contribution is -0.141. The van der Waals surface area contributed by atoms with Gasteiger partial charge in [0.05, 0.1) is 5.52 Å². The molecule has 0 fully saturated rings. The number of halogens is 3. The van der Waals surface area contributed by atoms with E-state index in [0.717, 1.165) is 39.5 Å². The first-order valence-corrected chi connectivity index (χ1v) is 8.82. The van der Waals surface area contributed by atoms with Crippen LogP contribution in [0.15, 0.2) is 54.9 Å². The third kappa shape index (κ3) is 3.74. The van der Waals surface area contributed by atoms with E-state index in [1.54, 1.807) is 12.3 Å². The van der Waals surface area contributed by atoms with Crippen LogP contribution in [0.25, 0.3) is 22.2 Å². The molecule has 0 aliphatic carbocycles. The molecule has 0 unspecified atom stereocenters. The summed E-state index contributed by atoms with van der Waals surface area (Å²) < 4.78 is 38.5. The van der Waals surface area contributed by atoms with E-state index in [0.29, 0.717) is 18.4 Å². The van der Waals surface area contributed by atoms with Gasteiger partial charge in [-0.05, 0) is 67.3 Å². The molecule has 0 saturated carbocycles. The van der Waals surface area contributed by atoms with Gasteiger partial charge >= 0.3 is 6.18 Å². The molecule has 0 spiro atoms. The first-order valence-electron chi connectivity index (χ1n) is 8.82. The highest BCUT2D eigenvalue weighted by atomic mass is 19.4. The van der Waals surface area contributed by atoms with Gasteiger partial charge in [0, 0.05) is 29.0 Å². The molecule has 0 atom stereocenters. The number of benzene rings is 1. The van der Waals surface area contributed by atoms with Crippen LogP contribution in [-0.2, 0) is 19.0 Å². The Kier molecular flexibility index (Phi) is 4.58. The van der Waals surface area contributed by atoms with E-state index in [9.17, 15) is 13.2 Å². The molecule has 0 aliphatic rings. The number of rotatable bonds is 4. The van der Waals surface area contributed by atoms with E-state index in [4.69, 9.17) is 0 Å². The molecule has 28 heavy (non-hydrogen) atoms. The average Bonchev–Trinajstić information content (AvgIpc) is 3.09. The van der Waals surface area contributed by atoms with Crippen molar-refractivity contribution < 1.29 is 13.2 Å². The van der Waals surface area contributed by atoms with Gasteiger partial charge in [-0.25, -0.2) is 0 Å². The predicted octanol–water partition coefficient (Wildman–Crippen LogP) is 5.13. The first-order chi connectivity index (χ1) is 13.4. The minimum atomic E-state index is -4.43. The zero-order valence-corrected chi connectivity index (χ0v) is 15.1. The van der Waals surface area contributed by atoms with Gasteiger partial charge in [-0.3, -0.25) is 15.1 Å². The summed E-state index contributed by atoms with van der Waals surface area (Å²) in [5, 5.41) is 8.43. The van der Waals surface area contributed by atoms with E-state index < -0.39 is 11.9 Å². The van der Waals surface area contributed by atoms with E-state index in [1.165, 1.54) is 6.20 Å². The second-order valence-electron chi connectivity index (χ2n) is 6.69. The molecule has 3 aromatic heterocycles. The van der Waals surface area contributed by atoms with Crippen molar-refractivity contribution in [2.45, 2.75) is 25.9 Å². The number of nitrogens with zero attached hydrogens (tertiary/aromatic N) is 3. The molecule has 4 rings (SSSR count). The first kappa shape index (κ1) is 18.2. The van der Waals surface area contributed by atoms with Crippen molar-refractivity contribution in [1.82, 2.24) is 20.2 Å². The highest BCUT2D eigenvalue weighted by Gasteiger charge is 2.32. The lowest BCUT2D eigenvalue weighted by atomic mass is 10.0. The van der Waals surface area contributed by atoms with Crippen LogP contribution in [0.4, 0.5) is 13.2 Å². The molecule has 4 nitrogen and oxygen atoms in total. The number of hydrogen-bond acceptors (Lipinski definition) is 3. The van der Waals surface area contributed by atoms with Gasteiger partial charge in [-0.15, -0.1) is 0 Å². The van der Waals surface area contributed by atoms with E-state index >= 15 is 0 Å². The molecular weight excluding hydrogens is 365 g/mol. The van der Waals surface area contributed by atoms with Gasteiger partial charge in [0.2, 0.25) is 0 Å². The Hall–Kier alpha value is -3.22. The highest BCUT2D eigenvalue weighted by molar-refractivity contribution is 5.93. The van der Waals surface area contributed by atoms with Crippen LogP contribution in [0, 0.1) is 6.92 Å². The normalized spacial score (nSPS) is 11.9. The number of H-pyrrole nitrogens is 1. The Bertz CT molecular complexity index is 1130. The summed E-state index contributed by atoms with van der Waals surface area (Å²) in [7, 11) is 0. The van der Waals surface area contributed by atoms with Crippen LogP contribution in [0.1, 0.15) is 22.5 Å². The summed E-state index contributed by atoms with van der Waals surface area (Å²) in [6, 6.07) is 12.6. The van der Waals surface area contributed by atoms with Crippen molar-refractivity contribution in [3.8, 4) is 11.3 Å². The summed E-state index contributed by atoms with van der Waals surface area (Å²) in [5.74, 6) is 0. The molecule has 0 bridgehead atoms. The van der Waals surface area contributed by atoms with Crippen LogP contribution in [0.3, 0.4) is 0 Å². The third-order valence-electron chi connectivity index (χ3n) is 4.61. The molecular formula is C21H17F3N4. The fourth-order valence-corrected chi connectivity index (χ4v) is 3.20. The molecule has 142 valence electrons. The number of aryl methyl sites for hydroxylation is 3. The molecule has 1 N–H and O–H groups in total. The summed E-state index contributed by atoms with van der Waals surface area (Å²) in [6.45, 7) is 1.92. The number of aromatic amines is 1. The number of hydrogen-bond donors (Lipinski definition) is 1. The van der Waals surface area contributed by atoms with E-state index in [1.807, 2.05) is 37.3 Å². The summed E-state index contributed by atoms with van der Waals surface area (Å²) in [5.41, 5.74) is 4.42. The number of pyridine rings is 2. The largest absolute Gasteiger partial charge is 0.433 e. The molecule has 7 heteroatoms. The Morgan fingerprint density at radius 2 is 1.64 bits per heavy atom. The number of nitrogens with one attached hydrogen (secondary N) is 1. The number of aromatic nitrogens is 4. The minimum Gasteiger partial charge on any atom is -0.277 e. The Morgan fingerprint density at radius 1 is 0.893 bits per heavy atom. The van der Waals surface area contributed by atoms with Crippen molar-refractivity contribution in [1.29, 1.82) is 0 Å². The van der Waals surface area contributed by atoms with Gasteiger partial charge in [-0.2, -0.15) is 18.3 Å². The van der Waals surface area contributed by atoms with E-state index in [2.05, 4.69) is 20.2 Å². The third-order valence-corrected chi connectivity index (χ3v) is 4.61. The summed E-state index contributed by atoms with van der Waals surface area (Å²) in [4.78, 5) is 7.62. The highest BCUT2D eigenvalue weighted by Crippen LogP contribution is 2.29. The molecule has 4 aromatic rings. The lowest BCUT2D eigenvalue weighted by Crippen LogP contribution is -2.08. The standard InChI is InChI=1S/C21H17F3N4/c1-13-10-16(7-9-25-13)20-17-11-14(4-5-18(17)27-28-20)2-3-15-6-8-26-19(12-15)21(22,23)24/h4-12H,2-3H2,1H3,(H,27,28). The van der Waals surface area contributed by atoms with Crippen molar-refractivity contribution in [3.05, 3.63) is 77.4 Å². The van der Waals surface area contributed by atoms with Gasteiger partial charge in [0.15, 0.2) is 0 Å². The zero-order chi connectivity index (χ0) is 19.7. The van der Waals surface area contributed by atoms with E-state index in [-0.39, 0.29) is 0 Å². The fraction of sp³-hybridized carbons (Fsp3) is 0.190. The average molecular weight is 382 g/mol. The molecule has 0 amide bonds. The Morgan fingerprint density at radius 3 is 2.39 bits per heavy atom. The predicted molar refractivity (Wildman–Crippen MR) is 101 cm³/mol. The SMILES string of the molecule is Cc1cc(-c2n[nH]c3ccc(CCc4ccnc(C(F)(F)F)c4)cc23)ccn1. The number of fused-ring (bicyclic) bond motifs is 1.